The van der Waals surface area contributed by atoms with Gasteiger partial charge in [0.1, 0.15) is 0 Å². The summed E-state index contributed by atoms with van der Waals surface area (Å²) in [6.45, 7) is 9.76. The van der Waals surface area contributed by atoms with Crippen LogP contribution in [-0.4, -0.2) is 9.97 Å². The third-order valence-electron chi connectivity index (χ3n) is 13.4. The molecule has 0 N–H and O–H groups in total. The summed E-state index contributed by atoms with van der Waals surface area (Å²) in [6.07, 6.45) is 0. The maximum absolute atomic E-state index is 5.34. The Morgan fingerprint density at radius 2 is 0.776 bits per heavy atom. The van der Waals surface area contributed by atoms with Crippen molar-refractivity contribution in [2.24, 2.45) is 0 Å². The van der Waals surface area contributed by atoms with Gasteiger partial charge in [0, 0.05) is 27.5 Å². The molecular weight excluding hydrogens is 701 g/mol. The highest BCUT2D eigenvalue weighted by Gasteiger charge is 2.46. The second-order valence-electron chi connectivity index (χ2n) is 17.3. The molecule has 0 unspecified atom stereocenters. The molecule has 0 aliphatic heterocycles. The van der Waals surface area contributed by atoms with Crippen molar-refractivity contribution in [3.8, 4) is 56.2 Å². The van der Waals surface area contributed by atoms with Gasteiger partial charge in [-0.05, 0) is 112 Å². The first-order chi connectivity index (χ1) is 28.3. The highest BCUT2D eigenvalue weighted by atomic mass is 14.9. The largest absolute Gasteiger partial charge is 0.228 e. The van der Waals surface area contributed by atoms with E-state index in [4.69, 9.17) is 9.97 Å². The predicted octanol–water partition coefficient (Wildman–Crippen LogP) is 14.7. The van der Waals surface area contributed by atoms with Crippen LogP contribution < -0.4 is 0 Å². The van der Waals surface area contributed by atoms with E-state index in [2.05, 4.69) is 198 Å². The summed E-state index contributed by atoms with van der Waals surface area (Å²) in [4.78, 5) is 10.7. The zero-order valence-corrected chi connectivity index (χ0v) is 33.1. The zero-order chi connectivity index (χ0) is 38.9. The van der Waals surface area contributed by atoms with Crippen molar-refractivity contribution in [1.82, 2.24) is 9.97 Å². The average molecular weight is 741 g/mol. The fraction of sp³-hybridized carbons (Fsp3) is 0.107. The Hall–Kier alpha value is -6.90. The average Bonchev–Trinajstić information content (AvgIpc) is 3.64. The molecule has 1 aromatic heterocycles. The molecule has 0 radical (unpaired) electrons. The fourth-order valence-electron chi connectivity index (χ4n) is 10.7. The van der Waals surface area contributed by atoms with Gasteiger partial charge in [0.25, 0.3) is 0 Å². The minimum atomic E-state index is -0.285. The Bertz CT molecular complexity index is 3320. The lowest BCUT2D eigenvalue weighted by atomic mass is 9.72. The van der Waals surface area contributed by atoms with Crippen LogP contribution >= 0.6 is 0 Å². The lowest BCUT2D eigenvalue weighted by molar-refractivity contribution is 0.601. The number of benzene rings is 9. The minimum absolute atomic E-state index is 0.216. The lowest BCUT2D eigenvalue weighted by Crippen LogP contribution is -2.24. The molecule has 0 spiro atoms. The summed E-state index contributed by atoms with van der Waals surface area (Å²) >= 11 is 0. The fourth-order valence-corrected chi connectivity index (χ4v) is 10.7. The molecule has 0 amide bonds. The molecule has 2 heteroatoms. The number of aromatic nitrogens is 2. The van der Waals surface area contributed by atoms with E-state index in [9.17, 15) is 0 Å². The van der Waals surface area contributed by atoms with E-state index >= 15 is 0 Å². The van der Waals surface area contributed by atoms with Crippen molar-refractivity contribution >= 4 is 43.1 Å². The Kier molecular flexibility index (Phi) is 6.78. The van der Waals surface area contributed by atoms with Crippen LogP contribution in [0.4, 0.5) is 0 Å². The number of fused-ring (bicyclic) bond motifs is 15. The molecule has 12 rings (SSSR count). The quantitative estimate of drug-likeness (QED) is 0.169. The van der Waals surface area contributed by atoms with Gasteiger partial charge in [0.05, 0.1) is 11.4 Å². The van der Waals surface area contributed by atoms with Gasteiger partial charge in [-0.25, -0.2) is 9.97 Å². The summed E-state index contributed by atoms with van der Waals surface area (Å²) in [5, 5.41) is 10.3. The lowest BCUT2D eigenvalue weighted by Gasteiger charge is -2.31. The first-order valence-corrected chi connectivity index (χ1v) is 20.4. The van der Waals surface area contributed by atoms with Crippen LogP contribution in [0.25, 0.3) is 99.2 Å². The second kappa shape index (κ2) is 11.8. The van der Waals surface area contributed by atoms with Crippen LogP contribution in [0, 0.1) is 0 Å². The Morgan fingerprint density at radius 1 is 0.328 bits per heavy atom. The first kappa shape index (κ1) is 33.3. The molecule has 0 fully saturated rings. The van der Waals surface area contributed by atoms with Gasteiger partial charge in [-0.2, -0.15) is 0 Å². The summed E-state index contributed by atoms with van der Waals surface area (Å²) in [7, 11) is 0. The normalized spacial score (nSPS) is 14.5. The molecule has 0 atom stereocenters. The molecule has 2 aliphatic rings. The Labute approximate surface area is 338 Å². The molecule has 10 aromatic rings. The monoisotopic (exact) mass is 740 g/mol. The van der Waals surface area contributed by atoms with Gasteiger partial charge in [-0.3, -0.25) is 0 Å². The minimum Gasteiger partial charge on any atom is -0.228 e. The number of hydrogen-bond acceptors (Lipinski definition) is 2. The molecule has 2 aliphatic carbocycles. The van der Waals surface area contributed by atoms with E-state index in [1.165, 1.54) is 87.6 Å². The standard InChI is InChI=1S/C56H40N2/c1-55(2)47-30-44-38-24-14-12-22-36(38)35-21-11-13-23-37(35)43(44)29-45(47)41-27-28-42-51-40-26-16-15-25-39(40)46(31-48(51)56(3,4)53(42)52(41)55)54-57-49(33-17-7-5-8-18-33)32-50(58-54)34-19-9-6-10-20-34/h5-32H,1-4H3. The van der Waals surface area contributed by atoms with Crippen LogP contribution in [0.5, 0.6) is 0 Å². The molecule has 0 bridgehead atoms. The maximum atomic E-state index is 5.34. The van der Waals surface area contributed by atoms with Gasteiger partial charge in [0.2, 0.25) is 0 Å². The number of nitrogens with zero attached hydrogens (tertiary/aromatic N) is 2. The molecule has 274 valence electrons. The molecule has 0 saturated heterocycles. The highest BCUT2D eigenvalue weighted by Crippen LogP contribution is 2.61. The second-order valence-corrected chi connectivity index (χ2v) is 17.3. The van der Waals surface area contributed by atoms with Crippen LogP contribution in [0.1, 0.15) is 49.9 Å². The van der Waals surface area contributed by atoms with Crippen molar-refractivity contribution in [1.29, 1.82) is 0 Å². The molecule has 58 heavy (non-hydrogen) atoms. The van der Waals surface area contributed by atoms with Crippen LogP contribution in [0.2, 0.25) is 0 Å². The summed E-state index contributed by atoms with van der Waals surface area (Å²) in [5.74, 6) is 0.745. The summed E-state index contributed by atoms with van der Waals surface area (Å²) in [5.41, 5.74) is 15.6. The van der Waals surface area contributed by atoms with Crippen LogP contribution in [-0.2, 0) is 10.8 Å². The van der Waals surface area contributed by atoms with E-state index in [1.807, 2.05) is 0 Å². The summed E-state index contributed by atoms with van der Waals surface area (Å²) in [6, 6.07) is 62.1. The van der Waals surface area contributed by atoms with E-state index in [1.54, 1.807) is 0 Å². The van der Waals surface area contributed by atoms with Crippen molar-refractivity contribution in [2.45, 2.75) is 38.5 Å². The predicted molar refractivity (Wildman–Crippen MR) is 243 cm³/mol. The van der Waals surface area contributed by atoms with E-state index < -0.39 is 0 Å². The SMILES string of the molecule is CC1(C)c2cc3c4ccccc4c4ccccc4c3cc2-c2ccc3c(c21)C(C)(C)c1cc(-c2nc(-c4ccccc4)cc(-c4ccccc4)n2)c2ccccc2c1-3. The van der Waals surface area contributed by atoms with Crippen LogP contribution in [0.3, 0.4) is 0 Å². The van der Waals surface area contributed by atoms with E-state index in [0.29, 0.717) is 0 Å². The van der Waals surface area contributed by atoms with Crippen molar-refractivity contribution in [3.05, 3.63) is 192 Å². The van der Waals surface area contributed by atoms with Gasteiger partial charge in [-0.15, -0.1) is 0 Å². The Morgan fingerprint density at radius 3 is 1.36 bits per heavy atom. The Balaban J connectivity index is 1.10. The van der Waals surface area contributed by atoms with Gasteiger partial charge in [-0.1, -0.05) is 173 Å². The molecule has 9 aromatic carbocycles. The van der Waals surface area contributed by atoms with Gasteiger partial charge in [0.15, 0.2) is 5.82 Å². The third-order valence-corrected chi connectivity index (χ3v) is 13.4. The third kappa shape index (κ3) is 4.49. The van der Waals surface area contributed by atoms with Crippen molar-refractivity contribution in [3.63, 3.8) is 0 Å². The highest BCUT2D eigenvalue weighted by molar-refractivity contribution is 6.26. The topological polar surface area (TPSA) is 25.8 Å². The molecule has 1 heterocycles. The van der Waals surface area contributed by atoms with Gasteiger partial charge >= 0.3 is 0 Å². The van der Waals surface area contributed by atoms with Crippen molar-refractivity contribution < 1.29 is 0 Å². The molecular formula is C56H40N2. The van der Waals surface area contributed by atoms with Gasteiger partial charge < -0.3 is 0 Å². The molecule has 2 nitrogen and oxygen atoms in total. The van der Waals surface area contributed by atoms with Crippen LogP contribution in [0.15, 0.2) is 170 Å². The first-order valence-electron chi connectivity index (χ1n) is 20.4. The molecule has 0 saturated carbocycles. The number of hydrogen-bond donors (Lipinski definition) is 0. The van der Waals surface area contributed by atoms with E-state index in [-0.39, 0.29) is 10.8 Å². The summed E-state index contributed by atoms with van der Waals surface area (Å²) < 4.78 is 0. The van der Waals surface area contributed by atoms with E-state index in [0.717, 1.165) is 33.9 Å². The maximum Gasteiger partial charge on any atom is 0.161 e. The zero-order valence-electron chi connectivity index (χ0n) is 33.1. The smallest absolute Gasteiger partial charge is 0.161 e. The van der Waals surface area contributed by atoms with Crippen molar-refractivity contribution in [2.75, 3.05) is 0 Å². The number of rotatable bonds is 3.